The summed E-state index contributed by atoms with van der Waals surface area (Å²) in [6.07, 6.45) is 0. The number of hydrogen-bond donors (Lipinski definition) is 1. The topological polar surface area (TPSA) is 84.9 Å². The lowest BCUT2D eigenvalue weighted by molar-refractivity contribution is -0.118. The van der Waals surface area contributed by atoms with Gasteiger partial charge in [-0.15, -0.1) is 0 Å². The Kier molecular flexibility index (Phi) is 8.46. The Balaban J connectivity index is 1.48. The molecule has 7 nitrogen and oxygen atoms in total. The van der Waals surface area contributed by atoms with Crippen LogP contribution in [0.2, 0.25) is 0 Å². The Morgan fingerprint density at radius 2 is 1.39 bits per heavy atom. The number of carbonyl (C=O) groups is 1. The minimum absolute atomic E-state index is 0.192. The first kappa shape index (κ1) is 24.3. The molecule has 0 aromatic heterocycles. The molecule has 33 heavy (non-hydrogen) atoms. The average Bonchev–Trinajstić information content (AvgIpc) is 2.84. The molecule has 0 aliphatic rings. The van der Waals surface area contributed by atoms with Gasteiger partial charge in [-0.3, -0.25) is 4.79 Å². The highest BCUT2D eigenvalue weighted by Gasteiger charge is 2.21. The molecule has 0 heterocycles. The first-order valence-corrected chi connectivity index (χ1v) is 12.2. The normalized spacial score (nSPS) is 11.2. The number of rotatable bonds is 11. The third kappa shape index (κ3) is 6.81. The van der Waals surface area contributed by atoms with Crippen LogP contribution in [-0.4, -0.2) is 38.3 Å². The van der Waals surface area contributed by atoms with Crippen molar-refractivity contribution in [1.82, 2.24) is 4.31 Å². The minimum Gasteiger partial charge on any atom is -0.489 e. The predicted octanol–water partition coefficient (Wildman–Crippen LogP) is 4.31. The van der Waals surface area contributed by atoms with Crippen molar-refractivity contribution < 1.29 is 22.7 Å². The van der Waals surface area contributed by atoms with Crippen LogP contribution < -0.4 is 14.8 Å². The Labute approximate surface area is 195 Å². The van der Waals surface area contributed by atoms with E-state index in [0.29, 0.717) is 36.9 Å². The van der Waals surface area contributed by atoms with Crippen molar-refractivity contribution >= 4 is 21.6 Å². The molecule has 0 bridgehead atoms. The Hall–Kier alpha value is -3.36. The average molecular weight is 469 g/mol. The zero-order chi connectivity index (χ0) is 23.7. The molecule has 0 unspecified atom stereocenters. The van der Waals surface area contributed by atoms with Crippen molar-refractivity contribution in [2.45, 2.75) is 25.3 Å². The summed E-state index contributed by atoms with van der Waals surface area (Å²) in [6.45, 7) is 4.66. The number of anilines is 1. The standard InChI is InChI=1S/C25H28N2O5S/c1-3-27(4-2)33(29,30)24-16-14-23(15-17-24)32-19-25(28)26-21-10-12-22(13-11-21)31-18-20-8-6-5-7-9-20/h5-17H,3-4,18-19H2,1-2H3,(H,26,28). The van der Waals surface area contributed by atoms with Crippen LogP contribution in [0.1, 0.15) is 19.4 Å². The molecule has 0 spiro atoms. The van der Waals surface area contributed by atoms with E-state index in [0.717, 1.165) is 5.56 Å². The van der Waals surface area contributed by atoms with Gasteiger partial charge >= 0.3 is 0 Å². The summed E-state index contributed by atoms with van der Waals surface area (Å²) in [4.78, 5) is 12.4. The van der Waals surface area contributed by atoms with E-state index in [9.17, 15) is 13.2 Å². The zero-order valence-electron chi connectivity index (χ0n) is 18.7. The molecule has 174 valence electrons. The number of amides is 1. The number of nitrogens with zero attached hydrogens (tertiary/aromatic N) is 1. The van der Waals surface area contributed by atoms with Crippen molar-refractivity contribution in [1.29, 1.82) is 0 Å². The molecule has 1 N–H and O–H groups in total. The van der Waals surface area contributed by atoms with Gasteiger partial charge in [0, 0.05) is 18.8 Å². The van der Waals surface area contributed by atoms with E-state index in [1.807, 2.05) is 30.3 Å². The van der Waals surface area contributed by atoms with Gasteiger partial charge in [-0.05, 0) is 54.1 Å². The molecular weight excluding hydrogens is 440 g/mol. The molecular formula is C25H28N2O5S. The maximum atomic E-state index is 12.5. The fourth-order valence-electron chi connectivity index (χ4n) is 3.14. The number of nitrogens with one attached hydrogen (secondary N) is 1. The number of carbonyl (C=O) groups excluding carboxylic acids is 1. The van der Waals surface area contributed by atoms with Gasteiger partial charge in [-0.2, -0.15) is 4.31 Å². The smallest absolute Gasteiger partial charge is 0.262 e. The SMILES string of the molecule is CCN(CC)S(=O)(=O)c1ccc(OCC(=O)Nc2ccc(OCc3ccccc3)cc2)cc1. The van der Waals surface area contributed by atoms with Crippen LogP contribution in [0.15, 0.2) is 83.8 Å². The summed E-state index contributed by atoms with van der Waals surface area (Å²) in [7, 11) is -3.53. The number of hydrogen-bond acceptors (Lipinski definition) is 5. The molecule has 8 heteroatoms. The second-order valence-corrected chi connectivity index (χ2v) is 9.13. The van der Waals surface area contributed by atoms with E-state index in [1.165, 1.54) is 16.4 Å². The third-order valence-electron chi connectivity index (χ3n) is 4.92. The first-order chi connectivity index (χ1) is 15.9. The van der Waals surface area contributed by atoms with Gasteiger partial charge in [0.2, 0.25) is 10.0 Å². The van der Waals surface area contributed by atoms with E-state index in [-0.39, 0.29) is 17.4 Å². The number of ether oxygens (including phenoxy) is 2. The van der Waals surface area contributed by atoms with Crippen molar-refractivity contribution in [2.75, 3.05) is 25.0 Å². The van der Waals surface area contributed by atoms with Gasteiger partial charge in [-0.25, -0.2) is 8.42 Å². The van der Waals surface area contributed by atoms with Crippen LogP contribution in [0.25, 0.3) is 0 Å². The van der Waals surface area contributed by atoms with Gasteiger partial charge in [0.05, 0.1) is 4.90 Å². The summed E-state index contributed by atoms with van der Waals surface area (Å²) in [5.41, 5.74) is 1.70. The van der Waals surface area contributed by atoms with E-state index >= 15 is 0 Å². The Morgan fingerprint density at radius 3 is 2.00 bits per heavy atom. The summed E-state index contributed by atoms with van der Waals surface area (Å²) in [5, 5.41) is 2.76. The van der Waals surface area contributed by atoms with E-state index < -0.39 is 10.0 Å². The van der Waals surface area contributed by atoms with Crippen LogP contribution in [0.4, 0.5) is 5.69 Å². The molecule has 3 aromatic rings. The number of benzene rings is 3. The molecule has 0 atom stereocenters. The molecule has 0 fully saturated rings. The molecule has 0 saturated carbocycles. The highest BCUT2D eigenvalue weighted by molar-refractivity contribution is 7.89. The van der Waals surface area contributed by atoms with Crippen LogP contribution in [-0.2, 0) is 21.4 Å². The fourth-order valence-corrected chi connectivity index (χ4v) is 4.60. The van der Waals surface area contributed by atoms with Gasteiger partial charge in [0.25, 0.3) is 5.91 Å². The summed E-state index contributed by atoms with van der Waals surface area (Å²) in [6, 6.07) is 23.0. The van der Waals surface area contributed by atoms with Crippen LogP contribution in [0.5, 0.6) is 11.5 Å². The highest BCUT2D eigenvalue weighted by atomic mass is 32.2. The Bertz CT molecular complexity index is 1130. The second kappa shape index (κ2) is 11.5. The van der Waals surface area contributed by atoms with Crippen molar-refractivity contribution in [2.24, 2.45) is 0 Å². The zero-order valence-corrected chi connectivity index (χ0v) is 19.5. The van der Waals surface area contributed by atoms with Crippen molar-refractivity contribution in [3.63, 3.8) is 0 Å². The second-order valence-electron chi connectivity index (χ2n) is 7.20. The van der Waals surface area contributed by atoms with E-state index in [4.69, 9.17) is 9.47 Å². The molecule has 3 rings (SSSR count). The van der Waals surface area contributed by atoms with Gasteiger partial charge < -0.3 is 14.8 Å². The minimum atomic E-state index is -3.53. The largest absolute Gasteiger partial charge is 0.489 e. The molecule has 0 saturated heterocycles. The maximum Gasteiger partial charge on any atom is 0.262 e. The molecule has 3 aromatic carbocycles. The fraction of sp³-hybridized carbons (Fsp3) is 0.240. The molecule has 0 radical (unpaired) electrons. The van der Waals surface area contributed by atoms with E-state index in [1.54, 1.807) is 50.2 Å². The van der Waals surface area contributed by atoms with Crippen LogP contribution >= 0.6 is 0 Å². The molecule has 0 aliphatic carbocycles. The predicted molar refractivity (Wildman–Crippen MR) is 128 cm³/mol. The number of sulfonamides is 1. The van der Waals surface area contributed by atoms with E-state index in [2.05, 4.69) is 5.32 Å². The summed E-state index contributed by atoms with van der Waals surface area (Å²) < 4.78 is 37.7. The van der Waals surface area contributed by atoms with Crippen LogP contribution in [0, 0.1) is 0 Å². The van der Waals surface area contributed by atoms with Gasteiger partial charge in [0.1, 0.15) is 18.1 Å². The lowest BCUT2D eigenvalue weighted by Gasteiger charge is -2.18. The third-order valence-corrected chi connectivity index (χ3v) is 6.99. The maximum absolute atomic E-state index is 12.5. The van der Waals surface area contributed by atoms with Crippen LogP contribution in [0.3, 0.4) is 0 Å². The van der Waals surface area contributed by atoms with Gasteiger partial charge in [0.15, 0.2) is 6.61 Å². The summed E-state index contributed by atoms with van der Waals surface area (Å²) >= 11 is 0. The monoisotopic (exact) mass is 468 g/mol. The lowest BCUT2D eigenvalue weighted by atomic mass is 10.2. The first-order valence-electron chi connectivity index (χ1n) is 10.7. The Morgan fingerprint density at radius 1 is 0.818 bits per heavy atom. The molecule has 1 amide bonds. The summed E-state index contributed by atoms with van der Waals surface area (Å²) in [5.74, 6) is 0.786. The molecule has 0 aliphatic heterocycles. The quantitative estimate of drug-likeness (QED) is 0.453. The van der Waals surface area contributed by atoms with Crippen molar-refractivity contribution in [3.8, 4) is 11.5 Å². The van der Waals surface area contributed by atoms with Gasteiger partial charge in [-0.1, -0.05) is 44.2 Å². The van der Waals surface area contributed by atoms with Crippen molar-refractivity contribution in [3.05, 3.63) is 84.4 Å². The highest BCUT2D eigenvalue weighted by Crippen LogP contribution is 2.20. The lowest BCUT2D eigenvalue weighted by Crippen LogP contribution is -2.30.